The lowest BCUT2D eigenvalue weighted by Gasteiger charge is -2.31. The highest BCUT2D eigenvalue weighted by Crippen LogP contribution is 2.47. The fourth-order valence-corrected chi connectivity index (χ4v) is 6.21. The molecule has 43 heavy (non-hydrogen) atoms. The van der Waals surface area contributed by atoms with Crippen LogP contribution in [0.5, 0.6) is 29.0 Å². The van der Waals surface area contributed by atoms with Crippen LogP contribution in [0.15, 0.2) is 24.3 Å². The van der Waals surface area contributed by atoms with E-state index in [1.165, 1.54) is 23.8 Å². The van der Waals surface area contributed by atoms with Crippen LogP contribution in [-0.2, 0) is 16.1 Å². The van der Waals surface area contributed by atoms with Crippen molar-refractivity contribution in [1.82, 2.24) is 14.4 Å². The normalized spacial score (nSPS) is 20.0. The quantitative estimate of drug-likeness (QED) is 0.263. The van der Waals surface area contributed by atoms with E-state index in [0.29, 0.717) is 43.3 Å². The number of amides is 1. The Morgan fingerprint density at radius 2 is 1.79 bits per heavy atom. The van der Waals surface area contributed by atoms with Gasteiger partial charge in [0.2, 0.25) is 18.4 Å². The van der Waals surface area contributed by atoms with Crippen LogP contribution < -0.4 is 14.2 Å². The van der Waals surface area contributed by atoms with Gasteiger partial charge in [-0.3, -0.25) is 19.1 Å². The van der Waals surface area contributed by atoms with Crippen molar-refractivity contribution >= 4 is 11.9 Å². The number of fused-ring (bicyclic) bond motifs is 1. The van der Waals surface area contributed by atoms with Gasteiger partial charge in [0, 0.05) is 56.7 Å². The van der Waals surface area contributed by atoms with Crippen molar-refractivity contribution in [1.29, 1.82) is 0 Å². The zero-order chi connectivity index (χ0) is 31.3. The zero-order valence-corrected chi connectivity index (χ0v) is 26.0. The zero-order valence-electron chi connectivity index (χ0n) is 26.0. The molecule has 0 bridgehead atoms. The van der Waals surface area contributed by atoms with Crippen LogP contribution in [0.25, 0.3) is 0 Å². The molecule has 12 nitrogen and oxygen atoms in total. The molecule has 4 rings (SSSR count). The van der Waals surface area contributed by atoms with Crippen molar-refractivity contribution in [3.05, 3.63) is 29.8 Å². The lowest BCUT2D eigenvalue weighted by Crippen LogP contribution is -2.45. The number of carboxylic acid groups (broad SMARTS) is 1. The summed E-state index contributed by atoms with van der Waals surface area (Å²) >= 11 is 0. The van der Waals surface area contributed by atoms with Gasteiger partial charge in [-0.15, -0.1) is 0 Å². The molecule has 1 amide bonds. The van der Waals surface area contributed by atoms with Crippen LogP contribution >= 0.6 is 0 Å². The molecule has 0 saturated carbocycles. The molecule has 2 aliphatic heterocycles. The highest BCUT2D eigenvalue weighted by molar-refractivity contribution is 5.79. The molecule has 0 radical (unpaired) electrons. The Labute approximate surface area is 253 Å². The Kier molecular flexibility index (Phi) is 10.3. The average molecular weight is 604 g/mol. The molecule has 3 N–H and O–H groups in total. The van der Waals surface area contributed by atoms with E-state index in [0.717, 1.165) is 35.9 Å². The van der Waals surface area contributed by atoms with Crippen molar-refractivity contribution in [3.63, 3.8) is 0 Å². The van der Waals surface area contributed by atoms with Gasteiger partial charge < -0.3 is 38.9 Å². The molecular weight excluding hydrogens is 556 g/mol. The van der Waals surface area contributed by atoms with Crippen LogP contribution in [0.4, 0.5) is 0 Å². The van der Waals surface area contributed by atoms with Gasteiger partial charge in [-0.1, -0.05) is 13.3 Å². The number of unbranched alkanes of at least 4 members (excludes halogenated alkanes) is 1. The number of methoxy groups -OCH3 is 1. The van der Waals surface area contributed by atoms with E-state index in [1.54, 1.807) is 12.1 Å². The number of hydrogen-bond acceptors (Lipinski definition) is 8. The lowest BCUT2D eigenvalue weighted by atomic mass is 9.84. The maximum atomic E-state index is 13.8. The molecule has 238 valence electrons. The Balaban J connectivity index is 1.63. The van der Waals surface area contributed by atoms with E-state index in [4.69, 9.17) is 14.2 Å². The second-order valence-electron chi connectivity index (χ2n) is 12.5. The maximum Gasteiger partial charge on any atom is 0.308 e. The molecule has 0 unspecified atom stereocenters. The standard InChI is InChI=1S/C31H46N4O8/c1-6-7-12-32(13-8-15-35(2,3)4)28(38)19-33-18-22(21-16-24(41-5)30-25(17-21)42-20-43-30)29(31(39)40)23(33)11-14-34-26(36)9-10-27(34)37/h9-10,16-17,22-23,29H,6-8,11-15,18-20H2,1-5H3,(H2-,36,37,39,40)/p+1/t22-,23+,29-/m1/s1. The first-order chi connectivity index (χ1) is 20.4. The summed E-state index contributed by atoms with van der Waals surface area (Å²) in [5.74, 6) is -1.10. The highest BCUT2D eigenvalue weighted by atomic mass is 16.7. The Bertz CT molecular complexity index is 1250. The predicted molar refractivity (Wildman–Crippen MR) is 160 cm³/mol. The first-order valence-corrected chi connectivity index (χ1v) is 15.0. The molecule has 1 fully saturated rings. The number of aromatic nitrogens is 1. The third-order valence-corrected chi connectivity index (χ3v) is 8.45. The number of carbonyl (C=O) groups is 2. The molecule has 1 aromatic heterocycles. The molecule has 3 heterocycles. The monoisotopic (exact) mass is 603 g/mol. The summed E-state index contributed by atoms with van der Waals surface area (Å²) in [5, 5.41) is 31.0. The van der Waals surface area contributed by atoms with E-state index in [9.17, 15) is 24.9 Å². The van der Waals surface area contributed by atoms with Crippen LogP contribution in [0.2, 0.25) is 0 Å². The molecule has 2 aliphatic rings. The number of nitrogens with zero attached hydrogens (tertiary/aromatic N) is 4. The van der Waals surface area contributed by atoms with Crippen LogP contribution in [0.3, 0.4) is 0 Å². The molecule has 12 heteroatoms. The third kappa shape index (κ3) is 7.66. The number of likely N-dealkylation sites (tertiary alicyclic amines) is 1. The van der Waals surface area contributed by atoms with Gasteiger partial charge in [-0.2, -0.15) is 0 Å². The van der Waals surface area contributed by atoms with Crippen LogP contribution in [-0.4, -0.2) is 120 Å². The second-order valence-corrected chi connectivity index (χ2v) is 12.5. The van der Waals surface area contributed by atoms with Crippen molar-refractivity contribution in [3.8, 4) is 29.0 Å². The smallest absolute Gasteiger partial charge is 0.308 e. The summed E-state index contributed by atoms with van der Waals surface area (Å²) in [6, 6.07) is 5.84. The van der Waals surface area contributed by atoms with Crippen molar-refractivity contribution in [2.45, 2.75) is 51.1 Å². The molecule has 0 aliphatic carbocycles. The van der Waals surface area contributed by atoms with E-state index < -0.39 is 23.8 Å². The number of hydrogen-bond donors (Lipinski definition) is 3. The number of aliphatic carboxylic acids is 1. The van der Waals surface area contributed by atoms with E-state index in [2.05, 4.69) is 28.1 Å². The maximum absolute atomic E-state index is 13.8. The van der Waals surface area contributed by atoms with Crippen LogP contribution in [0, 0.1) is 5.92 Å². The Hall–Kier alpha value is -3.64. The van der Waals surface area contributed by atoms with Gasteiger partial charge in [-0.25, -0.2) is 0 Å². The van der Waals surface area contributed by atoms with E-state index >= 15 is 0 Å². The highest BCUT2D eigenvalue weighted by Gasteiger charge is 2.47. The number of rotatable bonds is 15. The number of carboxylic acids is 1. The molecule has 1 saturated heterocycles. The Morgan fingerprint density at radius 3 is 2.42 bits per heavy atom. The molecule has 2 aromatic rings. The SMILES string of the molecule is CCCCN(CCC[N+](C)(C)C)C(=O)CN1C[C@H](c2cc(OC)c3c(c2)OCO3)[C@@H](C(=O)O)[C@@H]1CCn1c(O)ccc1O. The molecular formula is C31H47N4O8+. The summed E-state index contributed by atoms with van der Waals surface area (Å²) < 4.78 is 18.9. The fraction of sp³-hybridized carbons (Fsp3) is 0.613. The Morgan fingerprint density at radius 1 is 1.09 bits per heavy atom. The van der Waals surface area contributed by atoms with Crippen molar-refractivity contribution in [2.75, 3.05) is 67.8 Å². The van der Waals surface area contributed by atoms with Gasteiger partial charge in [-0.05, 0) is 30.5 Å². The van der Waals surface area contributed by atoms with E-state index in [-0.39, 0.29) is 37.5 Å². The number of ether oxygens (including phenoxy) is 3. The lowest BCUT2D eigenvalue weighted by molar-refractivity contribution is -0.870. The number of quaternary nitrogens is 1. The van der Waals surface area contributed by atoms with Gasteiger partial charge in [0.25, 0.3) is 0 Å². The number of carbonyl (C=O) groups excluding carboxylic acids is 1. The number of benzene rings is 1. The molecule has 1 aromatic carbocycles. The minimum atomic E-state index is -0.978. The van der Waals surface area contributed by atoms with Gasteiger partial charge in [0.15, 0.2) is 23.3 Å². The van der Waals surface area contributed by atoms with Crippen molar-refractivity contribution in [2.24, 2.45) is 5.92 Å². The molecule has 0 spiro atoms. The van der Waals surface area contributed by atoms with E-state index in [1.807, 2.05) is 9.80 Å². The van der Waals surface area contributed by atoms with Gasteiger partial charge in [0.1, 0.15) is 0 Å². The third-order valence-electron chi connectivity index (χ3n) is 8.45. The predicted octanol–water partition coefficient (Wildman–Crippen LogP) is 2.92. The minimum absolute atomic E-state index is 0.0282. The number of aromatic hydroxyl groups is 2. The summed E-state index contributed by atoms with van der Waals surface area (Å²) in [6.45, 7) is 4.97. The summed E-state index contributed by atoms with van der Waals surface area (Å²) in [7, 11) is 7.91. The summed E-state index contributed by atoms with van der Waals surface area (Å²) in [6.07, 6.45) is 3.02. The van der Waals surface area contributed by atoms with Gasteiger partial charge in [0.05, 0.1) is 47.3 Å². The van der Waals surface area contributed by atoms with Crippen molar-refractivity contribution < 1.29 is 43.6 Å². The summed E-state index contributed by atoms with van der Waals surface area (Å²) in [4.78, 5) is 30.6. The summed E-state index contributed by atoms with van der Waals surface area (Å²) in [5.41, 5.74) is 0.728. The first kappa shape index (κ1) is 32.3. The average Bonchev–Trinajstić information content (AvgIpc) is 3.65. The second kappa shape index (κ2) is 13.8. The van der Waals surface area contributed by atoms with Crippen LogP contribution in [0.1, 0.15) is 44.1 Å². The fourth-order valence-electron chi connectivity index (χ4n) is 6.21. The largest absolute Gasteiger partial charge is 0.494 e. The topological polar surface area (TPSA) is 134 Å². The van der Waals surface area contributed by atoms with Gasteiger partial charge >= 0.3 is 5.97 Å². The minimum Gasteiger partial charge on any atom is -0.494 e. The molecule has 3 atom stereocenters. The first-order valence-electron chi connectivity index (χ1n) is 15.0.